The quantitative estimate of drug-likeness (QED) is 0.259. The number of hydrogen-bond donors (Lipinski definition) is 0. The van der Waals surface area contributed by atoms with Crippen molar-refractivity contribution in [2.75, 3.05) is 18.0 Å². The van der Waals surface area contributed by atoms with Gasteiger partial charge in [-0.25, -0.2) is 4.90 Å². The van der Waals surface area contributed by atoms with E-state index in [-0.39, 0.29) is 36.6 Å². The van der Waals surface area contributed by atoms with E-state index in [1.807, 2.05) is 42.5 Å². The Morgan fingerprint density at radius 3 is 2.21 bits per heavy atom. The molecule has 3 amide bonds. The number of imide groups is 1. The predicted molar refractivity (Wildman–Crippen MR) is 157 cm³/mol. The van der Waals surface area contributed by atoms with E-state index >= 15 is 0 Å². The minimum Gasteiger partial charge on any atom is -0.327 e. The highest BCUT2D eigenvalue weighted by Gasteiger charge is 2.46. The van der Waals surface area contributed by atoms with Gasteiger partial charge in [-0.2, -0.15) is 0 Å². The Bertz CT molecular complexity index is 1290. The fraction of sp³-hybridized carbons (Fsp3) is 0.300. The summed E-state index contributed by atoms with van der Waals surface area (Å²) < 4.78 is 1.02. The second-order valence-corrected chi connectivity index (χ2v) is 11.5. The summed E-state index contributed by atoms with van der Waals surface area (Å²) in [5.74, 6) is -0.733. The van der Waals surface area contributed by atoms with Crippen LogP contribution >= 0.6 is 34.2 Å². The number of piperidine rings is 1. The normalized spacial score (nSPS) is 18.7. The molecule has 2 aliphatic rings. The fourth-order valence-corrected chi connectivity index (χ4v) is 5.88. The van der Waals surface area contributed by atoms with Crippen molar-refractivity contribution in [1.82, 2.24) is 9.80 Å². The summed E-state index contributed by atoms with van der Waals surface area (Å²) in [6.07, 6.45) is 1.66. The number of hydrogen-bond acceptors (Lipinski definition) is 4. The van der Waals surface area contributed by atoms with Gasteiger partial charge in [-0.3, -0.25) is 19.3 Å². The number of amides is 3. The summed E-state index contributed by atoms with van der Waals surface area (Å²) in [4.78, 5) is 45.9. The van der Waals surface area contributed by atoms with Gasteiger partial charge in [-0.1, -0.05) is 54.1 Å². The van der Waals surface area contributed by atoms with E-state index in [1.54, 1.807) is 29.2 Å². The van der Waals surface area contributed by atoms with E-state index in [9.17, 15) is 14.4 Å². The zero-order valence-electron chi connectivity index (χ0n) is 20.9. The second kappa shape index (κ2) is 12.0. The van der Waals surface area contributed by atoms with E-state index in [0.717, 1.165) is 41.6 Å². The number of rotatable bonds is 7. The van der Waals surface area contributed by atoms with Crippen molar-refractivity contribution in [3.8, 4) is 0 Å². The van der Waals surface area contributed by atoms with Crippen LogP contribution in [0.5, 0.6) is 0 Å². The molecule has 2 heterocycles. The zero-order chi connectivity index (χ0) is 26.6. The standard InChI is InChI=1S/C30H29ClIN3O3/c31-23-8-6-21(7-9-23)18-28(36)34(26-14-16-33(17-15-26)20-22-4-2-1-3-5-22)27-19-29(37)35(30(27)38)25-12-10-24(32)11-13-25/h1-13,26-27H,14-20H2. The van der Waals surface area contributed by atoms with Gasteiger partial charge in [-0.15, -0.1) is 0 Å². The predicted octanol–water partition coefficient (Wildman–Crippen LogP) is 5.31. The van der Waals surface area contributed by atoms with Crippen LogP contribution in [0.4, 0.5) is 5.69 Å². The molecule has 0 saturated carbocycles. The Labute approximate surface area is 241 Å². The van der Waals surface area contributed by atoms with Crippen LogP contribution < -0.4 is 4.90 Å². The Kier molecular flexibility index (Phi) is 8.45. The number of benzene rings is 3. The van der Waals surface area contributed by atoms with Gasteiger partial charge in [0, 0.05) is 34.3 Å². The minimum atomic E-state index is -0.799. The molecule has 0 aromatic heterocycles. The average Bonchev–Trinajstić information content (AvgIpc) is 3.21. The summed E-state index contributed by atoms with van der Waals surface area (Å²) >= 11 is 8.23. The van der Waals surface area contributed by atoms with Crippen LogP contribution in [0.1, 0.15) is 30.4 Å². The number of nitrogens with zero attached hydrogens (tertiary/aromatic N) is 3. The smallest absolute Gasteiger partial charge is 0.257 e. The van der Waals surface area contributed by atoms with E-state index < -0.39 is 6.04 Å². The number of carbonyl (C=O) groups is 3. The molecule has 2 saturated heterocycles. The number of anilines is 1. The maximum Gasteiger partial charge on any atom is 0.257 e. The van der Waals surface area contributed by atoms with Crippen molar-refractivity contribution in [3.05, 3.63) is 98.6 Å². The summed E-state index contributed by atoms with van der Waals surface area (Å²) in [7, 11) is 0. The van der Waals surface area contributed by atoms with E-state index in [1.165, 1.54) is 10.5 Å². The van der Waals surface area contributed by atoms with Crippen LogP contribution in [0, 0.1) is 3.57 Å². The van der Waals surface area contributed by atoms with Crippen molar-refractivity contribution in [3.63, 3.8) is 0 Å². The van der Waals surface area contributed by atoms with Crippen LogP contribution in [0.3, 0.4) is 0 Å². The number of halogens is 2. The third-order valence-electron chi connectivity index (χ3n) is 7.30. The first-order valence-corrected chi connectivity index (χ1v) is 14.3. The Morgan fingerprint density at radius 2 is 1.55 bits per heavy atom. The van der Waals surface area contributed by atoms with Crippen molar-refractivity contribution < 1.29 is 14.4 Å². The lowest BCUT2D eigenvalue weighted by atomic mass is 9.98. The van der Waals surface area contributed by atoms with Crippen LogP contribution in [0.2, 0.25) is 5.02 Å². The molecule has 0 bridgehead atoms. The van der Waals surface area contributed by atoms with Crippen LogP contribution in [-0.2, 0) is 27.3 Å². The molecule has 3 aromatic rings. The molecule has 1 unspecified atom stereocenters. The highest BCUT2D eigenvalue weighted by Crippen LogP contribution is 2.30. The molecule has 0 spiro atoms. The first kappa shape index (κ1) is 26.8. The fourth-order valence-electron chi connectivity index (χ4n) is 5.39. The summed E-state index contributed by atoms with van der Waals surface area (Å²) in [5, 5.41) is 0.605. The van der Waals surface area contributed by atoms with Gasteiger partial charge in [-0.05, 0) is 83.0 Å². The van der Waals surface area contributed by atoms with Gasteiger partial charge in [0.15, 0.2) is 0 Å². The summed E-state index contributed by atoms with van der Waals surface area (Å²) in [5.41, 5.74) is 2.63. The maximum atomic E-state index is 13.8. The Balaban J connectivity index is 1.36. The molecule has 0 aliphatic carbocycles. The van der Waals surface area contributed by atoms with Gasteiger partial charge < -0.3 is 4.90 Å². The maximum absolute atomic E-state index is 13.8. The zero-order valence-corrected chi connectivity index (χ0v) is 23.8. The van der Waals surface area contributed by atoms with Crippen molar-refractivity contribution in [2.24, 2.45) is 0 Å². The molecule has 5 rings (SSSR count). The van der Waals surface area contributed by atoms with Crippen molar-refractivity contribution >= 4 is 57.6 Å². The number of likely N-dealkylation sites (tertiary alicyclic amines) is 1. The lowest BCUT2D eigenvalue weighted by molar-refractivity contribution is -0.141. The second-order valence-electron chi connectivity index (χ2n) is 9.86. The lowest BCUT2D eigenvalue weighted by Gasteiger charge is -2.40. The Hall–Kier alpha value is -2.75. The third-order valence-corrected chi connectivity index (χ3v) is 8.27. The van der Waals surface area contributed by atoms with Gasteiger partial charge in [0.1, 0.15) is 6.04 Å². The first-order chi connectivity index (χ1) is 18.4. The molecule has 2 fully saturated rings. The first-order valence-electron chi connectivity index (χ1n) is 12.8. The van der Waals surface area contributed by atoms with Gasteiger partial charge in [0.25, 0.3) is 5.91 Å². The number of carbonyl (C=O) groups excluding carboxylic acids is 3. The molecule has 196 valence electrons. The molecular formula is C30H29ClIN3O3. The van der Waals surface area contributed by atoms with E-state index in [4.69, 9.17) is 11.6 Å². The third kappa shape index (κ3) is 6.11. The summed E-state index contributed by atoms with van der Waals surface area (Å²) in [6.45, 7) is 2.49. The molecule has 3 aromatic carbocycles. The van der Waals surface area contributed by atoms with Gasteiger partial charge >= 0.3 is 0 Å². The molecule has 0 N–H and O–H groups in total. The molecular weight excluding hydrogens is 613 g/mol. The lowest BCUT2D eigenvalue weighted by Crippen LogP contribution is -2.54. The highest BCUT2D eigenvalue weighted by molar-refractivity contribution is 14.1. The van der Waals surface area contributed by atoms with Crippen LogP contribution in [-0.4, -0.2) is 52.7 Å². The molecule has 1 atom stereocenters. The van der Waals surface area contributed by atoms with Crippen molar-refractivity contribution in [2.45, 2.75) is 44.3 Å². The molecule has 8 heteroatoms. The monoisotopic (exact) mass is 641 g/mol. The highest BCUT2D eigenvalue weighted by atomic mass is 127. The van der Waals surface area contributed by atoms with Crippen LogP contribution in [0.25, 0.3) is 0 Å². The van der Waals surface area contributed by atoms with E-state index in [0.29, 0.717) is 10.7 Å². The van der Waals surface area contributed by atoms with Crippen molar-refractivity contribution in [1.29, 1.82) is 0 Å². The van der Waals surface area contributed by atoms with Gasteiger partial charge in [0.05, 0.1) is 18.5 Å². The Morgan fingerprint density at radius 1 is 0.895 bits per heavy atom. The molecule has 38 heavy (non-hydrogen) atoms. The van der Waals surface area contributed by atoms with E-state index in [2.05, 4.69) is 39.6 Å². The SMILES string of the molecule is O=C1CC(N(C(=O)Cc2ccc(Cl)cc2)C2CCN(Cc3ccccc3)CC2)C(=O)N1c1ccc(I)cc1. The minimum absolute atomic E-state index is 0.00140. The largest absolute Gasteiger partial charge is 0.327 e. The van der Waals surface area contributed by atoms with Gasteiger partial charge in [0.2, 0.25) is 11.8 Å². The average molecular weight is 642 g/mol. The molecule has 0 radical (unpaired) electrons. The molecule has 2 aliphatic heterocycles. The molecule has 6 nitrogen and oxygen atoms in total. The van der Waals surface area contributed by atoms with Crippen LogP contribution in [0.15, 0.2) is 78.9 Å². The topological polar surface area (TPSA) is 60.9 Å². The summed E-state index contributed by atoms with van der Waals surface area (Å²) in [6, 6.07) is 23.9.